The summed E-state index contributed by atoms with van der Waals surface area (Å²) < 4.78 is 30.1. The highest BCUT2D eigenvalue weighted by Gasteiger charge is 2.32. The smallest absolute Gasteiger partial charge is 0.331 e. The van der Waals surface area contributed by atoms with Crippen molar-refractivity contribution >= 4 is 35.1 Å². The van der Waals surface area contributed by atoms with E-state index in [-0.39, 0.29) is 52.4 Å². The SMILES string of the molecule is CC(=O)NCC(C)n1c(=O)c(-c2cccc(F)c2Cl)cn(CC(=O)N2CCC(N3CCc4cc(F)ccc4NC3=O)CC2)c1=O. The number of aromatic nitrogens is 2. The molecule has 1 atom stereocenters. The van der Waals surface area contributed by atoms with Gasteiger partial charge in [0, 0.05) is 56.6 Å². The molecule has 14 heteroatoms. The normalized spacial score (nSPS) is 16.1. The van der Waals surface area contributed by atoms with E-state index < -0.39 is 29.7 Å². The van der Waals surface area contributed by atoms with Crippen LogP contribution in [0.15, 0.2) is 52.2 Å². The molecule has 45 heavy (non-hydrogen) atoms. The van der Waals surface area contributed by atoms with E-state index in [4.69, 9.17) is 11.6 Å². The number of hydrogen-bond donors (Lipinski definition) is 2. The summed E-state index contributed by atoms with van der Waals surface area (Å²) in [5.41, 5.74) is -0.229. The molecule has 1 unspecified atom stereocenters. The van der Waals surface area contributed by atoms with E-state index in [0.717, 1.165) is 20.8 Å². The number of carbonyl (C=O) groups is 3. The van der Waals surface area contributed by atoms with Gasteiger partial charge in [-0.25, -0.2) is 18.4 Å². The number of amides is 4. The van der Waals surface area contributed by atoms with Gasteiger partial charge in [0.25, 0.3) is 5.56 Å². The number of likely N-dealkylation sites (tertiary alicyclic amines) is 1. The van der Waals surface area contributed by atoms with Crippen molar-refractivity contribution < 1.29 is 23.2 Å². The Kier molecular flexibility index (Phi) is 9.37. The van der Waals surface area contributed by atoms with Crippen molar-refractivity contribution in [2.45, 2.75) is 51.7 Å². The van der Waals surface area contributed by atoms with Gasteiger partial charge in [0.05, 0.1) is 16.6 Å². The number of piperidine rings is 1. The first-order chi connectivity index (χ1) is 21.4. The summed E-state index contributed by atoms with van der Waals surface area (Å²) in [6.45, 7) is 3.49. The molecule has 3 heterocycles. The van der Waals surface area contributed by atoms with Crippen LogP contribution >= 0.6 is 11.6 Å². The summed E-state index contributed by atoms with van der Waals surface area (Å²) in [5, 5.41) is 5.12. The number of urea groups is 1. The first-order valence-corrected chi connectivity index (χ1v) is 15.0. The Hall–Kier alpha value is -4.52. The van der Waals surface area contributed by atoms with Crippen molar-refractivity contribution in [2.75, 3.05) is 31.5 Å². The molecular formula is C31H33ClF2N6O5. The van der Waals surface area contributed by atoms with Crippen molar-refractivity contribution in [2.24, 2.45) is 0 Å². The lowest BCUT2D eigenvalue weighted by molar-refractivity contribution is -0.133. The Morgan fingerprint density at radius 1 is 1.07 bits per heavy atom. The van der Waals surface area contributed by atoms with E-state index in [1.807, 2.05) is 0 Å². The van der Waals surface area contributed by atoms with Gasteiger partial charge in [0.2, 0.25) is 11.8 Å². The second kappa shape index (κ2) is 13.2. The van der Waals surface area contributed by atoms with Crippen molar-refractivity contribution in [3.63, 3.8) is 0 Å². The lowest BCUT2D eigenvalue weighted by Gasteiger charge is -2.38. The highest BCUT2D eigenvalue weighted by Crippen LogP contribution is 2.28. The Balaban J connectivity index is 1.34. The molecule has 0 radical (unpaired) electrons. The fraction of sp³-hybridized carbons (Fsp3) is 0.387. The quantitative estimate of drug-likeness (QED) is 0.409. The molecule has 0 bridgehead atoms. The highest BCUT2D eigenvalue weighted by atomic mass is 35.5. The third kappa shape index (κ3) is 6.77. The summed E-state index contributed by atoms with van der Waals surface area (Å²) in [7, 11) is 0. The van der Waals surface area contributed by atoms with Crippen molar-refractivity contribution in [3.05, 3.63) is 85.7 Å². The zero-order valence-electron chi connectivity index (χ0n) is 24.8. The zero-order valence-corrected chi connectivity index (χ0v) is 25.6. The van der Waals surface area contributed by atoms with Crippen LogP contribution in [0.3, 0.4) is 0 Å². The van der Waals surface area contributed by atoms with Crippen LogP contribution in [0.1, 0.15) is 38.3 Å². The summed E-state index contributed by atoms with van der Waals surface area (Å²) in [5.74, 6) is -1.85. The number of carbonyl (C=O) groups excluding carboxylic acids is 3. The molecule has 4 amide bonds. The number of nitrogens with one attached hydrogen (secondary N) is 2. The highest BCUT2D eigenvalue weighted by molar-refractivity contribution is 6.33. The molecule has 11 nitrogen and oxygen atoms in total. The topological polar surface area (TPSA) is 126 Å². The van der Waals surface area contributed by atoms with Crippen molar-refractivity contribution in [1.29, 1.82) is 0 Å². The zero-order chi connectivity index (χ0) is 32.4. The van der Waals surface area contributed by atoms with Gasteiger partial charge in [-0.2, -0.15) is 0 Å². The first kappa shape index (κ1) is 31.9. The molecule has 1 saturated heterocycles. The van der Waals surface area contributed by atoms with Gasteiger partial charge in [-0.3, -0.25) is 23.5 Å². The summed E-state index contributed by atoms with van der Waals surface area (Å²) in [6, 6.07) is 7.02. The predicted molar refractivity (Wildman–Crippen MR) is 164 cm³/mol. The van der Waals surface area contributed by atoms with Crippen LogP contribution in [0.4, 0.5) is 19.3 Å². The Labute approximate surface area is 262 Å². The minimum absolute atomic E-state index is 0.0314. The molecule has 0 spiro atoms. The summed E-state index contributed by atoms with van der Waals surface area (Å²) in [4.78, 5) is 68.3. The molecule has 0 aliphatic carbocycles. The van der Waals surface area contributed by atoms with Crippen molar-refractivity contribution in [3.8, 4) is 11.1 Å². The molecule has 1 fully saturated rings. The lowest BCUT2D eigenvalue weighted by Crippen LogP contribution is -2.51. The third-order valence-corrected chi connectivity index (χ3v) is 8.65. The maximum atomic E-state index is 14.3. The molecule has 2 aliphatic rings. The molecule has 2 aromatic carbocycles. The average molecular weight is 643 g/mol. The van der Waals surface area contributed by atoms with E-state index in [1.54, 1.807) is 22.8 Å². The minimum atomic E-state index is -0.791. The monoisotopic (exact) mass is 642 g/mol. The number of halogens is 3. The van der Waals surface area contributed by atoms with E-state index in [1.165, 1.54) is 37.4 Å². The van der Waals surface area contributed by atoms with Gasteiger partial charge in [0.1, 0.15) is 18.2 Å². The largest absolute Gasteiger partial charge is 0.354 e. The molecule has 2 aliphatic heterocycles. The van der Waals surface area contributed by atoms with Crippen LogP contribution < -0.4 is 21.9 Å². The molecule has 238 valence electrons. The molecule has 2 N–H and O–H groups in total. The summed E-state index contributed by atoms with van der Waals surface area (Å²) >= 11 is 6.19. The van der Waals surface area contributed by atoms with Gasteiger partial charge in [-0.05, 0) is 56.0 Å². The maximum absolute atomic E-state index is 14.3. The second-order valence-electron chi connectivity index (χ2n) is 11.3. The van der Waals surface area contributed by atoms with E-state index in [0.29, 0.717) is 44.6 Å². The third-order valence-electron chi connectivity index (χ3n) is 8.27. The molecule has 5 rings (SSSR count). The van der Waals surface area contributed by atoms with E-state index >= 15 is 0 Å². The van der Waals surface area contributed by atoms with Gasteiger partial charge >= 0.3 is 11.7 Å². The molecule has 3 aromatic rings. The Bertz CT molecular complexity index is 1770. The minimum Gasteiger partial charge on any atom is -0.354 e. The second-order valence-corrected chi connectivity index (χ2v) is 11.7. The van der Waals surface area contributed by atoms with Gasteiger partial charge < -0.3 is 20.4 Å². The van der Waals surface area contributed by atoms with Crippen LogP contribution in [0, 0.1) is 11.6 Å². The lowest BCUT2D eigenvalue weighted by atomic mass is 10.0. The predicted octanol–water partition coefficient (Wildman–Crippen LogP) is 3.39. The Morgan fingerprint density at radius 3 is 2.51 bits per heavy atom. The molecule has 1 aromatic heterocycles. The Morgan fingerprint density at radius 2 is 1.80 bits per heavy atom. The fourth-order valence-electron chi connectivity index (χ4n) is 5.84. The maximum Gasteiger partial charge on any atom is 0.331 e. The van der Waals surface area contributed by atoms with Gasteiger partial charge in [-0.1, -0.05) is 23.7 Å². The average Bonchev–Trinajstić information content (AvgIpc) is 3.17. The van der Waals surface area contributed by atoms with Crippen molar-refractivity contribution in [1.82, 2.24) is 24.3 Å². The number of hydrogen-bond acceptors (Lipinski definition) is 5. The van der Waals surface area contributed by atoms with Crippen LogP contribution in [-0.2, 0) is 22.6 Å². The fourth-order valence-corrected chi connectivity index (χ4v) is 6.07. The summed E-state index contributed by atoms with van der Waals surface area (Å²) in [6.07, 6.45) is 2.69. The number of anilines is 1. The van der Waals surface area contributed by atoms with Crippen LogP contribution in [0.25, 0.3) is 11.1 Å². The van der Waals surface area contributed by atoms with E-state index in [9.17, 15) is 32.8 Å². The van der Waals surface area contributed by atoms with Gasteiger partial charge in [-0.15, -0.1) is 0 Å². The van der Waals surface area contributed by atoms with E-state index in [2.05, 4.69) is 10.6 Å². The molecular weight excluding hydrogens is 610 g/mol. The van der Waals surface area contributed by atoms with Crippen LogP contribution in [0.2, 0.25) is 5.02 Å². The van der Waals surface area contributed by atoms with Crippen LogP contribution in [0.5, 0.6) is 0 Å². The number of rotatable bonds is 7. The van der Waals surface area contributed by atoms with Crippen LogP contribution in [-0.4, -0.2) is 69.0 Å². The first-order valence-electron chi connectivity index (χ1n) is 14.6. The van der Waals surface area contributed by atoms with Gasteiger partial charge in [0.15, 0.2) is 0 Å². The number of benzene rings is 2. The number of nitrogens with zero attached hydrogens (tertiary/aromatic N) is 4. The standard InChI is InChI=1S/C31H33ClF2N6O5/c1-18(15-35-19(2)41)40-29(43)24(23-4-3-5-25(34)28(23)32)16-38(31(40)45)17-27(42)37-11-9-22(10-12-37)39-13-8-20-14-21(33)6-7-26(20)36-30(39)44/h3-7,14,16,18,22H,8-13,15,17H2,1-2H3,(H,35,41)(H,36,44). The number of fused-ring (bicyclic) bond motifs is 1. The molecule has 0 saturated carbocycles.